The first-order chi connectivity index (χ1) is 20.1. The first-order valence-corrected chi connectivity index (χ1v) is 13.9. The molecule has 0 saturated heterocycles. The number of benzene rings is 3. The average molecular weight is 575 g/mol. The lowest BCUT2D eigenvalue weighted by Crippen LogP contribution is -2.25. The van der Waals surface area contributed by atoms with Crippen molar-refractivity contribution < 1.29 is 22.6 Å². The zero-order valence-electron chi connectivity index (χ0n) is 23.9. The molecule has 0 atom stereocenters. The Hall–Kier alpha value is -4.51. The number of nitrogens with zero attached hydrogens (tertiary/aromatic N) is 2. The summed E-state index contributed by atoms with van der Waals surface area (Å²) in [5, 5.41) is 0. The average Bonchev–Trinajstić information content (AvgIpc) is 2.96. The standard InChI is InChI=1S/C34H33F3N2O3/c1-5-6-7-8-19-41-27-15-17-29(18-16-27)42-28-13-11-25(12-14-28)31-21-30(34(35,36)37)32(38-4)33(40)39(31)22-26-10-9-23(2)20-24(26)3/h9-18,20-21H,5-8,19,22H2,1-3H3. The largest absolute Gasteiger partial charge is 0.494 e. The van der Waals surface area contributed by atoms with Gasteiger partial charge in [0.2, 0.25) is 0 Å². The summed E-state index contributed by atoms with van der Waals surface area (Å²) in [7, 11) is 0. The Kier molecular flexibility index (Phi) is 9.74. The Morgan fingerprint density at radius 1 is 0.857 bits per heavy atom. The van der Waals surface area contributed by atoms with Crippen LogP contribution in [-0.4, -0.2) is 11.2 Å². The van der Waals surface area contributed by atoms with E-state index >= 15 is 0 Å². The molecule has 4 aromatic rings. The zero-order valence-corrected chi connectivity index (χ0v) is 23.9. The number of aryl methyl sites for hydroxylation is 2. The summed E-state index contributed by atoms with van der Waals surface area (Å²) in [5.41, 5.74) is -0.0284. The van der Waals surface area contributed by atoms with Crippen LogP contribution in [0.5, 0.6) is 17.2 Å². The molecule has 0 amide bonds. The molecule has 0 fully saturated rings. The summed E-state index contributed by atoms with van der Waals surface area (Å²) in [6.07, 6.45) is -0.363. The zero-order chi connectivity index (χ0) is 30.3. The maximum Gasteiger partial charge on any atom is 0.407 e. The lowest BCUT2D eigenvalue weighted by Gasteiger charge is -2.19. The summed E-state index contributed by atoms with van der Waals surface area (Å²) in [6, 6.07) is 20.3. The minimum Gasteiger partial charge on any atom is -0.494 e. The Bertz CT molecular complexity index is 1620. The minimum absolute atomic E-state index is 0.0201. The van der Waals surface area contributed by atoms with Gasteiger partial charge in [-0.2, -0.15) is 13.2 Å². The number of pyridine rings is 1. The Morgan fingerprint density at radius 3 is 2.10 bits per heavy atom. The lowest BCUT2D eigenvalue weighted by atomic mass is 10.0. The van der Waals surface area contributed by atoms with Crippen LogP contribution < -0.4 is 15.0 Å². The van der Waals surface area contributed by atoms with E-state index in [9.17, 15) is 18.0 Å². The molecule has 0 bridgehead atoms. The first kappa shape index (κ1) is 30.4. The molecule has 0 aliphatic rings. The van der Waals surface area contributed by atoms with Crippen molar-refractivity contribution >= 4 is 5.69 Å². The molecule has 0 unspecified atom stereocenters. The van der Waals surface area contributed by atoms with Crippen LogP contribution in [0.25, 0.3) is 16.1 Å². The van der Waals surface area contributed by atoms with Crippen molar-refractivity contribution in [3.8, 4) is 28.5 Å². The summed E-state index contributed by atoms with van der Waals surface area (Å²) >= 11 is 0. The molecular weight excluding hydrogens is 541 g/mol. The third-order valence-corrected chi connectivity index (χ3v) is 6.99. The van der Waals surface area contributed by atoms with Gasteiger partial charge in [0.1, 0.15) is 17.2 Å². The van der Waals surface area contributed by atoms with Gasteiger partial charge >= 0.3 is 6.18 Å². The van der Waals surface area contributed by atoms with Gasteiger partial charge in [0, 0.05) is 5.69 Å². The molecule has 0 aliphatic carbocycles. The smallest absolute Gasteiger partial charge is 0.407 e. The first-order valence-electron chi connectivity index (χ1n) is 13.9. The predicted octanol–water partition coefficient (Wildman–Crippen LogP) is 9.50. The molecule has 1 aromatic heterocycles. The Labute approximate surface area is 244 Å². The molecule has 8 heteroatoms. The van der Waals surface area contributed by atoms with Crippen LogP contribution in [0, 0.1) is 20.4 Å². The maximum atomic E-state index is 13.9. The lowest BCUT2D eigenvalue weighted by molar-refractivity contribution is -0.136. The van der Waals surface area contributed by atoms with Crippen LogP contribution in [0.1, 0.15) is 54.9 Å². The van der Waals surface area contributed by atoms with Crippen molar-refractivity contribution in [1.82, 2.24) is 4.57 Å². The van der Waals surface area contributed by atoms with Gasteiger partial charge in [-0.1, -0.05) is 49.9 Å². The van der Waals surface area contributed by atoms with Gasteiger partial charge in [-0.3, -0.25) is 4.79 Å². The van der Waals surface area contributed by atoms with E-state index in [-0.39, 0.29) is 12.2 Å². The van der Waals surface area contributed by atoms with Crippen LogP contribution in [0.3, 0.4) is 0 Å². The van der Waals surface area contributed by atoms with Crippen LogP contribution in [0.4, 0.5) is 18.9 Å². The number of hydrogen-bond acceptors (Lipinski definition) is 3. The third kappa shape index (κ3) is 7.41. The normalized spacial score (nSPS) is 11.3. The van der Waals surface area contributed by atoms with Gasteiger partial charge in [-0.15, -0.1) is 0 Å². The van der Waals surface area contributed by atoms with Crippen molar-refractivity contribution in [2.75, 3.05) is 6.61 Å². The molecule has 3 aromatic carbocycles. The summed E-state index contributed by atoms with van der Waals surface area (Å²) < 4.78 is 54.7. The monoisotopic (exact) mass is 574 g/mol. The number of unbranched alkanes of at least 4 members (excludes halogenated alkanes) is 3. The number of ether oxygens (including phenoxy) is 2. The number of alkyl halides is 3. The van der Waals surface area contributed by atoms with Crippen LogP contribution in [-0.2, 0) is 12.7 Å². The van der Waals surface area contributed by atoms with Gasteiger partial charge in [-0.25, -0.2) is 4.85 Å². The highest BCUT2D eigenvalue weighted by Crippen LogP contribution is 2.38. The predicted molar refractivity (Wildman–Crippen MR) is 159 cm³/mol. The highest BCUT2D eigenvalue weighted by molar-refractivity contribution is 5.67. The fourth-order valence-corrected chi connectivity index (χ4v) is 4.70. The molecule has 4 rings (SSSR count). The number of hydrogen-bond donors (Lipinski definition) is 0. The number of rotatable bonds is 11. The van der Waals surface area contributed by atoms with Crippen molar-refractivity contribution in [3.63, 3.8) is 0 Å². The van der Waals surface area contributed by atoms with E-state index in [1.54, 1.807) is 36.4 Å². The van der Waals surface area contributed by atoms with Crippen LogP contribution in [0.15, 0.2) is 77.6 Å². The molecule has 0 saturated carbocycles. The third-order valence-electron chi connectivity index (χ3n) is 6.99. The highest BCUT2D eigenvalue weighted by atomic mass is 19.4. The molecule has 0 spiro atoms. The van der Waals surface area contributed by atoms with E-state index in [2.05, 4.69) is 11.8 Å². The Morgan fingerprint density at radius 2 is 1.50 bits per heavy atom. The molecule has 0 N–H and O–H groups in total. The Balaban J connectivity index is 1.62. The van der Waals surface area contributed by atoms with Crippen molar-refractivity contribution in [3.05, 3.63) is 117 Å². The molecule has 0 aliphatic heterocycles. The fourth-order valence-electron chi connectivity index (χ4n) is 4.70. The van der Waals surface area contributed by atoms with E-state index in [0.29, 0.717) is 23.7 Å². The summed E-state index contributed by atoms with van der Waals surface area (Å²) in [6.45, 7) is 14.0. The molecule has 1 heterocycles. The van der Waals surface area contributed by atoms with Gasteiger partial charge in [0.25, 0.3) is 11.2 Å². The maximum absolute atomic E-state index is 13.9. The molecule has 5 nitrogen and oxygen atoms in total. The number of halogens is 3. The van der Waals surface area contributed by atoms with E-state index < -0.39 is 23.0 Å². The molecule has 42 heavy (non-hydrogen) atoms. The summed E-state index contributed by atoms with van der Waals surface area (Å²) in [5.74, 6) is 1.80. The van der Waals surface area contributed by atoms with Gasteiger partial charge in [0.15, 0.2) is 0 Å². The summed E-state index contributed by atoms with van der Waals surface area (Å²) in [4.78, 5) is 16.3. The molecule has 0 radical (unpaired) electrons. The number of aromatic nitrogens is 1. The van der Waals surface area contributed by atoms with Gasteiger partial charge in [0.05, 0.1) is 25.3 Å². The second-order valence-electron chi connectivity index (χ2n) is 10.2. The molecule has 218 valence electrons. The second kappa shape index (κ2) is 13.4. The van der Waals surface area contributed by atoms with E-state index in [0.717, 1.165) is 41.3 Å². The SMILES string of the molecule is [C-]#[N+]c1c(C(F)(F)F)cc(-c2ccc(Oc3ccc(OCCCCCC)cc3)cc2)n(Cc2ccc(C)cc2C)c1=O. The van der Waals surface area contributed by atoms with Crippen LogP contribution in [0.2, 0.25) is 0 Å². The van der Waals surface area contributed by atoms with Crippen molar-refractivity contribution in [1.29, 1.82) is 0 Å². The van der Waals surface area contributed by atoms with E-state index in [1.165, 1.54) is 17.4 Å². The highest BCUT2D eigenvalue weighted by Gasteiger charge is 2.36. The minimum atomic E-state index is -4.86. The van der Waals surface area contributed by atoms with E-state index in [1.807, 2.05) is 44.2 Å². The molecular formula is C34H33F3N2O3. The topological polar surface area (TPSA) is 44.8 Å². The quantitative estimate of drug-likeness (QED) is 0.132. The van der Waals surface area contributed by atoms with Gasteiger partial charge in [-0.05, 0) is 91.6 Å². The van der Waals surface area contributed by atoms with E-state index in [4.69, 9.17) is 16.0 Å². The van der Waals surface area contributed by atoms with Crippen molar-refractivity contribution in [2.24, 2.45) is 0 Å². The fraction of sp³-hybridized carbons (Fsp3) is 0.294. The van der Waals surface area contributed by atoms with Crippen LogP contribution >= 0.6 is 0 Å². The van der Waals surface area contributed by atoms with Gasteiger partial charge < -0.3 is 14.0 Å². The van der Waals surface area contributed by atoms with Crippen molar-refractivity contribution in [2.45, 2.75) is 59.2 Å². The second-order valence-corrected chi connectivity index (χ2v) is 10.2.